The number of amides is 2. The molecule has 4 rings (SSSR count). The molecule has 1 aromatic carbocycles. The number of hydrogen-bond acceptors (Lipinski definition) is 4. The molecule has 2 aliphatic rings. The SMILES string of the molecule is O=C(NCC1CCCO1)c1cc2n(n1)CCCN(Cc1ccc(Cl)cc1)C2=O. The number of hydrogen-bond donors (Lipinski definition) is 1. The van der Waals surface area contributed by atoms with Crippen LogP contribution in [0.2, 0.25) is 5.02 Å². The molecule has 2 aromatic rings. The lowest BCUT2D eigenvalue weighted by Crippen LogP contribution is -2.32. The minimum absolute atomic E-state index is 0.0703. The molecule has 0 saturated carbocycles. The van der Waals surface area contributed by atoms with Gasteiger partial charge in [-0.2, -0.15) is 5.10 Å². The van der Waals surface area contributed by atoms with Gasteiger partial charge < -0.3 is 15.0 Å². The molecule has 148 valence electrons. The third kappa shape index (κ3) is 4.20. The average molecular weight is 403 g/mol. The summed E-state index contributed by atoms with van der Waals surface area (Å²) >= 11 is 5.94. The summed E-state index contributed by atoms with van der Waals surface area (Å²) in [5.41, 5.74) is 1.74. The highest BCUT2D eigenvalue weighted by Gasteiger charge is 2.26. The standard InChI is InChI=1S/C20H23ClN4O3/c21-15-6-4-14(5-7-15)13-24-8-2-9-25-18(20(24)27)11-17(23-25)19(26)22-12-16-3-1-10-28-16/h4-7,11,16H,1-3,8-10,12-13H2,(H,22,26). The highest BCUT2D eigenvalue weighted by atomic mass is 35.5. The zero-order valence-electron chi connectivity index (χ0n) is 15.6. The van der Waals surface area contributed by atoms with Gasteiger partial charge in [-0.3, -0.25) is 14.3 Å². The van der Waals surface area contributed by atoms with Crippen LogP contribution < -0.4 is 5.32 Å². The highest BCUT2D eigenvalue weighted by Crippen LogP contribution is 2.18. The number of aromatic nitrogens is 2. The fraction of sp³-hybridized carbons (Fsp3) is 0.450. The molecule has 2 amide bonds. The molecular weight excluding hydrogens is 380 g/mol. The molecule has 2 aliphatic heterocycles. The molecule has 0 radical (unpaired) electrons. The van der Waals surface area contributed by atoms with Crippen molar-refractivity contribution in [3.8, 4) is 0 Å². The van der Waals surface area contributed by atoms with Crippen molar-refractivity contribution >= 4 is 23.4 Å². The van der Waals surface area contributed by atoms with Gasteiger partial charge in [0.1, 0.15) is 5.69 Å². The van der Waals surface area contributed by atoms with Crippen molar-refractivity contribution in [2.75, 3.05) is 19.7 Å². The second-order valence-corrected chi connectivity index (χ2v) is 7.63. The average Bonchev–Trinajstić information content (AvgIpc) is 3.34. The molecule has 3 heterocycles. The van der Waals surface area contributed by atoms with Crippen LogP contribution in [0.15, 0.2) is 30.3 Å². The van der Waals surface area contributed by atoms with Gasteiger partial charge >= 0.3 is 0 Å². The second kappa shape index (κ2) is 8.32. The molecule has 1 unspecified atom stereocenters. The van der Waals surface area contributed by atoms with E-state index in [1.165, 1.54) is 0 Å². The lowest BCUT2D eigenvalue weighted by molar-refractivity contribution is 0.0745. The van der Waals surface area contributed by atoms with Crippen LogP contribution in [0.25, 0.3) is 0 Å². The zero-order chi connectivity index (χ0) is 19.5. The number of carbonyl (C=O) groups is 2. The predicted octanol–water partition coefficient (Wildman–Crippen LogP) is 2.49. The number of benzene rings is 1. The van der Waals surface area contributed by atoms with Gasteiger partial charge in [0.2, 0.25) is 0 Å². The Morgan fingerprint density at radius 2 is 2.07 bits per heavy atom. The van der Waals surface area contributed by atoms with E-state index in [1.807, 2.05) is 24.3 Å². The summed E-state index contributed by atoms with van der Waals surface area (Å²) in [4.78, 5) is 27.2. The normalized spacial score (nSPS) is 19.4. The molecule has 0 spiro atoms. The van der Waals surface area contributed by atoms with E-state index in [9.17, 15) is 9.59 Å². The largest absolute Gasteiger partial charge is 0.376 e. The fourth-order valence-corrected chi connectivity index (χ4v) is 3.73. The topological polar surface area (TPSA) is 76.5 Å². The number of fused-ring (bicyclic) bond motifs is 1. The number of halogens is 1. The first-order chi connectivity index (χ1) is 13.6. The van der Waals surface area contributed by atoms with Crippen LogP contribution in [0.5, 0.6) is 0 Å². The van der Waals surface area contributed by atoms with Gasteiger partial charge in [0.05, 0.1) is 6.10 Å². The summed E-state index contributed by atoms with van der Waals surface area (Å²) in [6, 6.07) is 9.07. The van der Waals surface area contributed by atoms with E-state index in [4.69, 9.17) is 16.3 Å². The summed E-state index contributed by atoms with van der Waals surface area (Å²) in [7, 11) is 0. The van der Waals surface area contributed by atoms with Crippen molar-refractivity contribution in [3.63, 3.8) is 0 Å². The minimum Gasteiger partial charge on any atom is -0.376 e. The smallest absolute Gasteiger partial charge is 0.272 e. The first-order valence-electron chi connectivity index (χ1n) is 9.61. The van der Waals surface area contributed by atoms with E-state index < -0.39 is 0 Å². The third-order valence-corrected chi connectivity index (χ3v) is 5.37. The van der Waals surface area contributed by atoms with Crippen LogP contribution in [0.4, 0.5) is 0 Å². The van der Waals surface area contributed by atoms with E-state index >= 15 is 0 Å². The molecule has 1 N–H and O–H groups in total. The van der Waals surface area contributed by atoms with Gasteiger partial charge in [0.15, 0.2) is 5.69 Å². The van der Waals surface area contributed by atoms with Crippen molar-refractivity contribution in [2.45, 2.75) is 38.5 Å². The van der Waals surface area contributed by atoms with Crippen LogP contribution >= 0.6 is 11.6 Å². The van der Waals surface area contributed by atoms with Crippen molar-refractivity contribution in [3.05, 3.63) is 52.3 Å². The van der Waals surface area contributed by atoms with Crippen LogP contribution in [0.1, 0.15) is 45.8 Å². The summed E-state index contributed by atoms with van der Waals surface area (Å²) in [5.74, 6) is -0.383. The predicted molar refractivity (Wildman–Crippen MR) is 104 cm³/mol. The molecule has 28 heavy (non-hydrogen) atoms. The summed E-state index contributed by atoms with van der Waals surface area (Å²) < 4.78 is 7.17. The summed E-state index contributed by atoms with van der Waals surface area (Å²) in [6.07, 6.45) is 2.83. The first-order valence-corrected chi connectivity index (χ1v) is 9.99. The lowest BCUT2D eigenvalue weighted by Gasteiger charge is -2.20. The quantitative estimate of drug-likeness (QED) is 0.833. The van der Waals surface area contributed by atoms with Crippen molar-refractivity contribution in [2.24, 2.45) is 0 Å². The molecular formula is C20H23ClN4O3. The van der Waals surface area contributed by atoms with Gasteiger partial charge in [-0.1, -0.05) is 23.7 Å². The second-order valence-electron chi connectivity index (χ2n) is 7.19. The van der Waals surface area contributed by atoms with Crippen LogP contribution in [0.3, 0.4) is 0 Å². The highest BCUT2D eigenvalue weighted by molar-refractivity contribution is 6.30. The van der Waals surface area contributed by atoms with E-state index in [1.54, 1.807) is 15.6 Å². The van der Waals surface area contributed by atoms with Gasteiger partial charge in [0, 0.05) is 43.9 Å². The van der Waals surface area contributed by atoms with Crippen molar-refractivity contribution in [1.29, 1.82) is 0 Å². The monoisotopic (exact) mass is 402 g/mol. The third-order valence-electron chi connectivity index (χ3n) is 5.12. The molecule has 0 aliphatic carbocycles. The van der Waals surface area contributed by atoms with Crippen molar-refractivity contribution in [1.82, 2.24) is 20.0 Å². The lowest BCUT2D eigenvalue weighted by atomic mass is 10.2. The van der Waals surface area contributed by atoms with E-state index in [2.05, 4.69) is 10.4 Å². The molecule has 1 fully saturated rings. The van der Waals surface area contributed by atoms with E-state index in [0.717, 1.165) is 31.4 Å². The van der Waals surface area contributed by atoms with Gasteiger partial charge in [-0.05, 0) is 37.0 Å². The Morgan fingerprint density at radius 3 is 2.82 bits per heavy atom. The van der Waals surface area contributed by atoms with E-state index in [-0.39, 0.29) is 23.6 Å². The Kier molecular flexibility index (Phi) is 5.64. The van der Waals surface area contributed by atoms with Gasteiger partial charge in [0.25, 0.3) is 11.8 Å². The molecule has 8 heteroatoms. The maximum absolute atomic E-state index is 13.0. The molecule has 7 nitrogen and oxygen atoms in total. The summed E-state index contributed by atoms with van der Waals surface area (Å²) in [5, 5.41) is 7.89. The molecule has 1 saturated heterocycles. The number of nitrogens with one attached hydrogen (secondary N) is 1. The fourth-order valence-electron chi connectivity index (χ4n) is 3.61. The Morgan fingerprint density at radius 1 is 1.25 bits per heavy atom. The Hall–Kier alpha value is -2.38. The Bertz CT molecular complexity index is 859. The Balaban J connectivity index is 1.45. The summed E-state index contributed by atoms with van der Waals surface area (Å²) in [6.45, 7) is 2.97. The minimum atomic E-state index is -0.270. The van der Waals surface area contributed by atoms with Crippen molar-refractivity contribution < 1.29 is 14.3 Å². The number of aryl methyl sites for hydroxylation is 1. The first kappa shape index (κ1) is 19.0. The number of rotatable bonds is 5. The van der Waals surface area contributed by atoms with Crippen LogP contribution in [0, 0.1) is 0 Å². The van der Waals surface area contributed by atoms with E-state index in [0.29, 0.717) is 36.9 Å². The van der Waals surface area contributed by atoms with Gasteiger partial charge in [-0.15, -0.1) is 0 Å². The Labute approximate surface area is 168 Å². The molecule has 1 aromatic heterocycles. The molecule has 1 atom stereocenters. The number of carbonyl (C=O) groups excluding carboxylic acids is 2. The number of ether oxygens (including phenoxy) is 1. The zero-order valence-corrected chi connectivity index (χ0v) is 16.3. The van der Waals surface area contributed by atoms with Gasteiger partial charge in [-0.25, -0.2) is 0 Å². The van der Waals surface area contributed by atoms with Crippen LogP contribution in [-0.4, -0.2) is 52.3 Å². The number of nitrogens with zero attached hydrogens (tertiary/aromatic N) is 3. The van der Waals surface area contributed by atoms with Crippen LogP contribution in [-0.2, 0) is 17.8 Å². The molecule has 0 bridgehead atoms. The maximum atomic E-state index is 13.0. The maximum Gasteiger partial charge on any atom is 0.272 e.